The molecule has 0 radical (unpaired) electrons. The van der Waals surface area contributed by atoms with Gasteiger partial charge in [-0.2, -0.15) is 0 Å². The number of rotatable bonds is 9. The summed E-state index contributed by atoms with van der Waals surface area (Å²) in [5.74, 6) is 0.686. The number of pyridine rings is 1. The highest BCUT2D eigenvalue weighted by atomic mass is 32.2. The third kappa shape index (κ3) is 5.06. The Hall–Kier alpha value is -2.61. The molecule has 178 valence electrons. The summed E-state index contributed by atoms with van der Waals surface area (Å²) in [6.07, 6.45) is 6.51. The van der Waals surface area contributed by atoms with Crippen LogP contribution in [0.4, 0.5) is 0 Å². The van der Waals surface area contributed by atoms with E-state index >= 15 is 0 Å². The minimum atomic E-state index is -0.0125. The Morgan fingerprint density at radius 2 is 1.94 bits per heavy atom. The third-order valence-electron chi connectivity index (χ3n) is 6.75. The minimum Gasteiger partial charge on any atom is -0.378 e. The first-order valence-electron chi connectivity index (χ1n) is 12.2. The number of hydrogen-bond donors (Lipinski definition) is 1. The molecule has 2 aliphatic heterocycles. The maximum absolute atomic E-state index is 12.9. The summed E-state index contributed by atoms with van der Waals surface area (Å²) in [6.45, 7) is 4.56. The fraction of sp³-hybridized carbons (Fsp3) is 0.407. The summed E-state index contributed by atoms with van der Waals surface area (Å²) >= 11 is 1.50. The Morgan fingerprint density at radius 3 is 2.74 bits per heavy atom. The highest BCUT2D eigenvalue weighted by Gasteiger charge is 2.23. The zero-order valence-corrected chi connectivity index (χ0v) is 20.5. The minimum absolute atomic E-state index is 0.0125. The van der Waals surface area contributed by atoms with Crippen LogP contribution < -0.4 is 5.32 Å². The standard InChI is InChI=1S/C27H32N4O2S/c1-33-19-22-23-18-24(34-26-11-7-10-25(29-22)31(23)26)27(32)28-14-5-6-15-30-16-12-21(13-17-30)20-8-3-2-4-9-20/h2-4,7-11,18,21H,5-6,12-17,19H2,1H3,(H,28,32). The molecular weight excluding hydrogens is 444 g/mol. The van der Waals surface area contributed by atoms with Crippen LogP contribution in [-0.4, -0.2) is 53.5 Å². The van der Waals surface area contributed by atoms with E-state index in [0.717, 1.165) is 41.4 Å². The second-order valence-corrected chi connectivity index (χ2v) is 10.1. The van der Waals surface area contributed by atoms with Gasteiger partial charge in [-0.15, -0.1) is 0 Å². The van der Waals surface area contributed by atoms with Crippen LogP contribution in [0.5, 0.6) is 0 Å². The number of unbranched alkanes of at least 4 members (excludes halogenated alkanes) is 1. The molecule has 0 spiro atoms. The highest BCUT2D eigenvalue weighted by Crippen LogP contribution is 2.36. The lowest BCUT2D eigenvalue weighted by Gasteiger charge is -2.32. The maximum Gasteiger partial charge on any atom is 0.258 e. The molecule has 1 N–H and O–H groups in total. The highest BCUT2D eigenvalue weighted by molar-refractivity contribution is 8.04. The summed E-state index contributed by atoms with van der Waals surface area (Å²) in [6, 6.07) is 16.9. The predicted octanol–water partition coefficient (Wildman–Crippen LogP) is 4.70. The van der Waals surface area contributed by atoms with Crippen molar-refractivity contribution >= 4 is 29.4 Å². The number of nitrogens with zero attached hydrogens (tertiary/aromatic N) is 3. The van der Waals surface area contributed by atoms with Gasteiger partial charge in [-0.05, 0) is 75.0 Å². The molecule has 3 aromatic rings. The van der Waals surface area contributed by atoms with E-state index in [9.17, 15) is 4.79 Å². The van der Waals surface area contributed by atoms with Crippen molar-refractivity contribution in [2.75, 3.05) is 33.3 Å². The van der Waals surface area contributed by atoms with Crippen molar-refractivity contribution in [1.29, 1.82) is 0 Å². The summed E-state index contributed by atoms with van der Waals surface area (Å²) in [7, 11) is 1.66. The third-order valence-corrected chi connectivity index (χ3v) is 7.80. The van der Waals surface area contributed by atoms with Gasteiger partial charge in [-0.1, -0.05) is 48.2 Å². The molecule has 0 unspecified atom stereocenters. The van der Waals surface area contributed by atoms with Gasteiger partial charge in [-0.25, -0.2) is 4.98 Å². The molecule has 5 rings (SSSR count). The van der Waals surface area contributed by atoms with Crippen LogP contribution >= 0.6 is 11.8 Å². The summed E-state index contributed by atoms with van der Waals surface area (Å²) in [4.78, 5) is 20.8. The number of likely N-dealkylation sites (tertiary alicyclic amines) is 1. The Balaban J connectivity index is 1.07. The van der Waals surface area contributed by atoms with Crippen molar-refractivity contribution < 1.29 is 9.53 Å². The zero-order valence-electron chi connectivity index (χ0n) is 19.7. The van der Waals surface area contributed by atoms with E-state index in [1.54, 1.807) is 7.11 Å². The van der Waals surface area contributed by atoms with Gasteiger partial charge in [0.1, 0.15) is 5.65 Å². The second-order valence-electron chi connectivity index (χ2n) is 9.03. The van der Waals surface area contributed by atoms with Crippen molar-refractivity contribution in [2.45, 2.75) is 43.2 Å². The first-order chi connectivity index (χ1) is 16.7. The van der Waals surface area contributed by atoms with E-state index < -0.39 is 0 Å². The van der Waals surface area contributed by atoms with Crippen LogP contribution in [0.1, 0.15) is 48.6 Å². The fourth-order valence-corrected chi connectivity index (χ4v) is 5.94. The van der Waals surface area contributed by atoms with E-state index in [0.29, 0.717) is 24.0 Å². The normalized spacial score (nSPS) is 16.6. The molecule has 0 aliphatic carbocycles. The van der Waals surface area contributed by atoms with Gasteiger partial charge in [-0.3, -0.25) is 9.20 Å². The first kappa shape index (κ1) is 23.1. The van der Waals surface area contributed by atoms with Crippen LogP contribution in [0.15, 0.2) is 58.5 Å². The van der Waals surface area contributed by atoms with Gasteiger partial charge in [0.25, 0.3) is 5.91 Å². The van der Waals surface area contributed by atoms with Crippen molar-refractivity contribution in [3.63, 3.8) is 0 Å². The van der Waals surface area contributed by atoms with Crippen LogP contribution in [0.2, 0.25) is 0 Å². The van der Waals surface area contributed by atoms with Gasteiger partial charge >= 0.3 is 0 Å². The fourth-order valence-electron chi connectivity index (χ4n) is 4.95. The molecule has 0 atom stereocenters. The SMILES string of the molecule is COCc1nc2cccc3n2c1C=C(C(=O)NCCCCN1CCC(c2ccccc2)CC1)S3. The zero-order chi connectivity index (χ0) is 23.3. The Kier molecular flexibility index (Phi) is 7.33. The molecule has 2 aromatic heterocycles. The van der Waals surface area contributed by atoms with Gasteiger partial charge in [0.2, 0.25) is 0 Å². The molecule has 0 saturated carbocycles. The molecule has 6 nitrogen and oxygen atoms in total. The summed E-state index contributed by atoms with van der Waals surface area (Å²) < 4.78 is 7.41. The number of aromatic nitrogens is 2. The maximum atomic E-state index is 12.9. The smallest absolute Gasteiger partial charge is 0.258 e. The predicted molar refractivity (Wildman–Crippen MR) is 137 cm³/mol. The number of carbonyl (C=O) groups excluding carboxylic acids is 1. The molecule has 0 bridgehead atoms. The Labute approximate surface area is 205 Å². The second kappa shape index (κ2) is 10.8. The molecule has 1 aromatic carbocycles. The number of benzene rings is 1. The summed E-state index contributed by atoms with van der Waals surface area (Å²) in [5, 5.41) is 4.13. The van der Waals surface area contributed by atoms with Crippen molar-refractivity contribution in [3.05, 3.63) is 70.4 Å². The van der Waals surface area contributed by atoms with Gasteiger partial charge < -0.3 is 15.0 Å². The van der Waals surface area contributed by atoms with Gasteiger partial charge in [0, 0.05) is 13.7 Å². The average molecular weight is 477 g/mol. The number of nitrogens with one attached hydrogen (secondary N) is 1. The van der Waals surface area contributed by atoms with Crippen LogP contribution in [0, 0.1) is 0 Å². The molecule has 7 heteroatoms. The number of imidazole rings is 1. The lowest BCUT2D eigenvalue weighted by atomic mass is 9.89. The monoisotopic (exact) mass is 476 g/mol. The summed E-state index contributed by atoms with van der Waals surface area (Å²) in [5.41, 5.74) is 4.16. The van der Waals surface area contributed by atoms with Crippen molar-refractivity contribution in [1.82, 2.24) is 19.6 Å². The Morgan fingerprint density at radius 1 is 1.12 bits per heavy atom. The number of thioether (sulfide) groups is 1. The number of carbonyl (C=O) groups is 1. The van der Waals surface area contributed by atoms with Gasteiger partial charge in [0.05, 0.1) is 27.9 Å². The molecule has 1 saturated heterocycles. The topological polar surface area (TPSA) is 58.9 Å². The lowest BCUT2D eigenvalue weighted by Crippen LogP contribution is -2.34. The van der Waals surface area contributed by atoms with Crippen molar-refractivity contribution in [3.8, 4) is 0 Å². The quantitative estimate of drug-likeness (QED) is 0.454. The number of amides is 1. The number of piperidine rings is 1. The molecule has 1 fully saturated rings. The van der Waals surface area contributed by atoms with E-state index in [1.807, 2.05) is 24.3 Å². The number of methoxy groups -OCH3 is 1. The molecule has 4 heterocycles. The number of ether oxygens (including phenoxy) is 1. The molecule has 2 aliphatic rings. The lowest BCUT2D eigenvalue weighted by molar-refractivity contribution is -0.116. The van der Waals surface area contributed by atoms with E-state index in [4.69, 9.17) is 4.74 Å². The van der Waals surface area contributed by atoms with E-state index in [-0.39, 0.29) is 5.91 Å². The first-order valence-corrected chi connectivity index (χ1v) is 13.0. The van der Waals surface area contributed by atoms with Crippen LogP contribution in [0.3, 0.4) is 0 Å². The molecular formula is C27H32N4O2S. The average Bonchev–Trinajstić information content (AvgIpc) is 3.23. The van der Waals surface area contributed by atoms with Gasteiger partial charge in [0.15, 0.2) is 0 Å². The number of hydrogen-bond acceptors (Lipinski definition) is 5. The van der Waals surface area contributed by atoms with E-state index in [2.05, 4.69) is 49.9 Å². The van der Waals surface area contributed by atoms with Crippen molar-refractivity contribution in [2.24, 2.45) is 0 Å². The molecule has 34 heavy (non-hydrogen) atoms. The molecule has 1 amide bonds. The van der Waals surface area contributed by atoms with Crippen LogP contribution in [-0.2, 0) is 16.1 Å². The van der Waals surface area contributed by atoms with Crippen LogP contribution in [0.25, 0.3) is 11.7 Å². The van der Waals surface area contributed by atoms with E-state index in [1.165, 1.54) is 43.3 Å². The largest absolute Gasteiger partial charge is 0.378 e. The Bertz CT molecular complexity index is 1170.